The number of aryl methyl sites for hydroxylation is 2. The first-order chi connectivity index (χ1) is 22.3. The third-order valence-electron chi connectivity index (χ3n) is 7.62. The summed E-state index contributed by atoms with van der Waals surface area (Å²) in [6.07, 6.45) is 4.90. The maximum Gasteiger partial charge on any atom is 0.475 e. The molecule has 4 rings (SSSR count). The molecule has 2 atom stereocenters. The summed E-state index contributed by atoms with van der Waals surface area (Å²) in [6.45, 7) is 2.93. The Morgan fingerprint density at radius 3 is 2.15 bits per heavy atom. The molecule has 3 aromatic rings. The van der Waals surface area contributed by atoms with Crippen LogP contribution in [0.15, 0.2) is 90.6 Å². The van der Waals surface area contributed by atoms with Crippen molar-refractivity contribution < 1.29 is 33.9 Å². The molecule has 0 bridgehead atoms. The molecule has 10 nitrogen and oxygen atoms in total. The molecule has 5 N–H and O–H groups in total. The van der Waals surface area contributed by atoms with Gasteiger partial charge in [0.15, 0.2) is 5.78 Å². The fourth-order valence-electron chi connectivity index (χ4n) is 4.94. The third kappa shape index (κ3) is 11.4. The zero-order chi connectivity index (χ0) is 32.7. The van der Waals surface area contributed by atoms with Crippen molar-refractivity contribution >= 4 is 24.7 Å². The normalized spacial score (nSPS) is 14.4. The van der Waals surface area contributed by atoms with Crippen molar-refractivity contribution in [3.8, 4) is 11.5 Å². The predicted octanol–water partition coefficient (Wildman–Crippen LogP) is 2.84. The van der Waals surface area contributed by atoms with Crippen molar-refractivity contribution in [3.63, 3.8) is 0 Å². The molecule has 0 aliphatic carbocycles. The minimum Gasteiger partial charge on any atom is -0.494 e. The van der Waals surface area contributed by atoms with Gasteiger partial charge in [-0.1, -0.05) is 66.2 Å². The molecule has 0 spiro atoms. The monoisotopic (exact) mass is 627 g/mol. The van der Waals surface area contributed by atoms with Crippen LogP contribution in [0.25, 0.3) is 0 Å². The van der Waals surface area contributed by atoms with Gasteiger partial charge in [-0.3, -0.25) is 14.4 Å². The van der Waals surface area contributed by atoms with Crippen molar-refractivity contribution in [2.24, 2.45) is 0 Å². The molecule has 3 aromatic carbocycles. The highest BCUT2D eigenvalue weighted by Gasteiger charge is 2.28. The van der Waals surface area contributed by atoms with Gasteiger partial charge < -0.3 is 35.5 Å². The molecule has 0 saturated carbocycles. The summed E-state index contributed by atoms with van der Waals surface area (Å²) >= 11 is 0. The van der Waals surface area contributed by atoms with Gasteiger partial charge >= 0.3 is 7.12 Å². The van der Waals surface area contributed by atoms with Gasteiger partial charge in [0.05, 0.1) is 37.4 Å². The lowest BCUT2D eigenvalue weighted by Gasteiger charge is -2.18. The second kappa shape index (κ2) is 17.8. The number of Topliss-reactive ketones (excluding diaryl/α,β-unsaturated/α-hetero) is 1. The average Bonchev–Trinajstić information content (AvgIpc) is 3.56. The highest BCUT2D eigenvalue weighted by Crippen LogP contribution is 2.17. The second-order valence-electron chi connectivity index (χ2n) is 11.3. The second-order valence-corrected chi connectivity index (χ2v) is 11.3. The standard InChI is InChI=1S/C35H42BN3O7/c1-25-9-14-28(15-10-25)45-21-5-6-22-46-29-16-11-26(12-17-29)13-20-32(40)30-18-19-31(38-30)35(42)37-24-34(41)39-33(36(43)44)23-27-7-3-2-4-8-27/h2-4,7-12,14-17,19,30,33,38,43-44H,5-6,13,18,20-24H2,1H3,(H,37,42)(H,39,41). The number of nitrogens with one attached hydrogen (secondary N) is 3. The van der Waals surface area contributed by atoms with Crippen LogP contribution in [0.1, 0.15) is 42.4 Å². The molecule has 0 fully saturated rings. The predicted molar refractivity (Wildman–Crippen MR) is 176 cm³/mol. The zero-order valence-corrected chi connectivity index (χ0v) is 26.1. The van der Waals surface area contributed by atoms with Gasteiger partial charge in [0.2, 0.25) is 5.91 Å². The molecule has 1 aliphatic rings. The molecule has 46 heavy (non-hydrogen) atoms. The summed E-state index contributed by atoms with van der Waals surface area (Å²) in [4.78, 5) is 37.8. The summed E-state index contributed by atoms with van der Waals surface area (Å²) in [5.74, 6) is -0.357. The molecule has 11 heteroatoms. The maximum atomic E-state index is 12.8. The van der Waals surface area contributed by atoms with E-state index in [2.05, 4.69) is 16.0 Å². The van der Waals surface area contributed by atoms with E-state index in [0.29, 0.717) is 32.5 Å². The average molecular weight is 628 g/mol. The molecule has 1 heterocycles. The van der Waals surface area contributed by atoms with Gasteiger partial charge in [-0.05, 0) is 74.4 Å². The smallest absolute Gasteiger partial charge is 0.475 e. The molecule has 1 aliphatic heterocycles. The number of unbranched alkanes of at least 4 members (excludes halogenated alkanes) is 1. The molecule has 0 saturated heterocycles. The van der Waals surface area contributed by atoms with Crippen LogP contribution in [0.5, 0.6) is 11.5 Å². The van der Waals surface area contributed by atoms with Crippen molar-refractivity contribution in [1.82, 2.24) is 16.0 Å². The van der Waals surface area contributed by atoms with E-state index in [0.717, 1.165) is 35.5 Å². The van der Waals surface area contributed by atoms with Crippen molar-refractivity contribution in [1.29, 1.82) is 0 Å². The SMILES string of the molecule is Cc1ccc(OCCCCOc2ccc(CCC(=O)C3CC=C(C(=O)NCC(=O)NC(Cc4ccccc4)B(O)O)N3)cc2)cc1. The van der Waals surface area contributed by atoms with Crippen LogP contribution in [-0.4, -0.2) is 66.5 Å². The van der Waals surface area contributed by atoms with E-state index in [4.69, 9.17) is 9.47 Å². The highest BCUT2D eigenvalue weighted by atomic mass is 16.5. The van der Waals surface area contributed by atoms with Crippen LogP contribution >= 0.6 is 0 Å². The molecule has 0 radical (unpaired) electrons. The lowest BCUT2D eigenvalue weighted by molar-refractivity contribution is -0.125. The fraction of sp³-hybridized carbons (Fsp3) is 0.343. The third-order valence-corrected chi connectivity index (χ3v) is 7.62. The van der Waals surface area contributed by atoms with Crippen molar-refractivity contribution in [2.45, 2.75) is 57.4 Å². The molecule has 242 valence electrons. The number of ether oxygens (including phenoxy) is 2. The Morgan fingerprint density at radius 2 is 1.52 bits per heavy atom. The Kier molecular flexibility index (Phi) is 13.2. The lowest BCUT2D eigenvalue weighted by atomic mass is 9.76. The van der Waals surface area contributed by atoms with Gasteiger partial charge in [0, 0.05) is 6.42 Å². The van der Waals surface area contributed by atoms with E-state index in [1.807, 2.05) is 85.8 Å². The molecule has 2 unspecified atom stereocenters. The number of benzene rings is 3. The number of hydrogen-bond acceptors (Lipinski definition) is 8. The summed E-state index contributed by atoms with van der Waals surface area (Å²) in [7, 11) is -1.76. The van der Waals surface area contributed by atoms with E-state index in [9.17, 15) is 24.4 Å². The quantitative estimate of drug-likeness (QED) is 0.107. The lowest BCUT2D eigenvalue weighted by Crippen LogP contribution is -2.51. The Balaban J connectivity index is 1.09. The first kappa shape index (κ1) is 34.3. The van der Waals surface area contributed by atoms with Crippen LogP contribution in [0.3, 0.4) is 0 Å². The van der Waals surface area contributed by atoms with Gasteiger partial charge in [0.1, 0.15) is 11.5 Å². The Bertz CT molecular complexity index is 1450. The van der Waals surface area contributed by atoms with Gasteiger partial charge in [-0.25, -0.2) is 0 Å². The number of ketones is 1. The van der Waals surface area contributed by atoms with E-state index in [1.54, 1.807) is 6.08 Å². The maximum absolute atomic E-state index is 12.8. The minimum absolute atomic E-state index is 0.00865. The number of hydrogen-bond donors (Lipinski definition) is 5. The topological polar surface area (TPSA) is 146 Å². The molecular formula is C35H42BN3O7. The number of carbonyl (C=O) groups excluding carboxylic acids is 3. The largest absolute Gasteiger partial charge is 0.494 e. The molecular weight excluding hydrogens is 585 g/mol. The Hall–Kier alpha value is -4.61. The van der Waals surface area contributed by atoms with E-state index >= 15 is 0 Å². The van der Waals surface area contributed by atoms with Gasteiger partial charge in [-0.2, -0.15) is 0 Å². The summed E-state index contributed by atoms with van der Waals surface area (Å²) in [5, 5.41) is 27.3. The summed E-state index contributed by atoms with van der Waals surface area (Å²) < 4.78 is 11.6. The van der Waals surface area contributed by atoms with Crippen LogP contribution in [0, 0.1) is 6.92 Å². The van der Waals surface area contributed by atoms with Crippen LogP contribution in [0.4, 0.5) is 0 Å². The minimum atomic E-state index is -1.76. The van der Waals surface area contributed by atoms with Gasteiger partial charge in [-0.15, -0.1) is 0 Å². The Labute approximate surface area is 270 Å². The van der Waals surface area contributed by atoms with Crippen LogP contribution < -0.4 is 25.4 Å². The summed E-state index contributed by atoms with van der Waals surface area (Å²) in [5.41, 5.74) is 3.28. The molecule has 2 amide bonds. The number of rotatable bonds is 18. The highest BCUT2D eigenvalue weighted by molar-refractivity contribution is 6.43. The zero-order valence-electron chi connectivity index (χ0n) is 26.1. The van der Waals surface area contributed by atoms with Gasteiger partial charge in [0.25, 0.3) is 5.91 Å². The first-order valence-electron chi connectivity index (χ1n) is 15.6. The van der Waals surface area contributed by atoms with E-state index in [1.165, 1.54) is 5.56 Å². The van der Waals surface area contributed by atoms with E-state index < -0.39 is 30.9 Å². The van der Waals surface area contributed by atoms with E-state index in [-0.39, 0.29) is 24.4 Å². The summed E-state index contributed by atoms with van der Waals surface area (Å²) in [6, 6.07) is 24.3. The first-order valence-corrected chi connectivity index (χ1v) is 15.6. The number of carbonyl (C=O) groups is 3. The van der Waals surface area contributed by atoms with Crippen LogP contribution in [-0.2, 0) is 27.2 Å². The van der Waals surface area contributed by atoms with Crippen molar-refractivity contribution in [2.75, 3.05) is 19.8 Å². The fourth-order valence-corrected chi connectivity index (χ4v) is 4.94. The van der Waals surface area contributed by atoms with Crippen LogP contribution in [0.2, 0.25) is 0 Å². The van der Waals surface area contributed by atoms with Crippen molar-refractivity contribution in [3.05, 3.63) is 107 Å². The molecule has 0 aromatic heterocycles. The Morgan fingerprint density at radius 1 is 0.891 bits per heavy atom. The number of amides is 2.